The van der Waals surface area contributed by atoms with Crippen LogP contribution in [-0.4, -0.2) is 5.71 Å². The Morgan fingerprint density at radius 1 is 1.19 bits per heavy atom. The average molecular weight is 213 g/mol. The van der Waals surface area contributed by atoms with Gasteiger partial charge in [0.2, 0.25) is 0 Å². The standard InChI is InChI=1S/C15H19N/c1-11(2)16-9-8-13(4)15-7-6-12(3)14(5)10-15/h6-10H,4H2,1-3,5H3/b9-8-. The maximum Gasteiger partial charge on any atom is 0.0272 e. The van der Waals surface area contributed by atoms with Crippen LogP contribution in [0.25, 0.3) is 5.57 Å². The van der Waals surface area contributed by atoms with Gasteiger partial charge in [0.25, 0.3) is 0 Å². The van der Waals surface area contributed by atoms with Crippen LogP contribution in [-0.2, 0) is 0 Å². The second-order valence-electron chi connectivity index (χ2n) is 4.22. The minimum absolute atomic E-state index is 0.994. The van der Waals surface area contributed by atoms with Crippen LogP contribution < -0.4 is 0 Å². The van der Waals surface area contributed by atoms with Crippen LogP contribution in [0.4, 0.5) is 0 Å². The van der Waals surface area contributed by atoms with Crippen molar-refractivity contribution in [1.29, 1.82) is 0 Å². The zero-order valence-corrected chi connectivity index (χ0v) is 10.5. The predicted octanol–water partition coefficient (Wildman–Crippen LogP) is 4.31. The Morgan fingerprint density at radius 3 is 2.44 bits per heavy atom. The zero-order chi connectivity index (χ0) is 12.1. The summed E-state index contributed by atoms with van der Waals surface area (Å²) in [4.78, 5) is 4.21. The van der Waals surface area contributed by atoms with E-state index in [9.17, 15) is 0 Å². The lowest BCUT2D eigenvalue weighted by Gasteiger charge is -2.04. The van der Waals surface area contributed by atoms with E-state index in [1.807, 2.05) is 19.9 Å². The highest BCUT2D eigenvalue weighted by Gasteiger charge is 1.97. The van der Waals surface area contributed by atoms with Gasteiger partial charge in [-0.15, -0.1) is 0 Å². The van der Waals surface area contributed by atoms with E-state index in [1.165, 1.54) is 11.1 Å². The first-order valence-electron chi connectivity index (χ1n) is 5.45. The summed E-state index contributed by atoms with van der Waals surface area (Å²) >= 11 is 0. The summed E-state index contributed by atoms with van der Waals surface area (Å²) in [6.07, 6.45) is 3.74. The number of nitrogens with zero attached hydrogens (tertiary/aromatic N) is 1. The first-order valence-corrected chi connectivity index (χ1v) is 5.45. The van der Waals surface area contributed by atoms with Gasteiger partial charge >= 0.3 is 0 Å². The maximum atomic E-state index is 4.21. The van der Waals surface area contributed by atoms with Crippen molar-refractivity contribution in [3.8, 4) is 0 Å². The third kappa shape index (κ3) is 3.50. The highest BCUT2D eigenvalue weighted by molar-refractivity contribution is 5.80. The topological polar surface area (TPSA) is 12.4 Å². The summed E-state index contributed by atoms with van der Waals surface area (Å²) in [6, 6.07) is 6.38. The molecule has 0 heterocycles. The lowest BCUT2D eigenvalue weighted by molar-refractivity contribution is 1.33. The number of aryl methyl sites for hydroxylation is 2. The van der Waals surface area contributed by atoms with Gasteiger partial charge in [-0.05, 0) is 56.0 Å². The third-order valence-corrected chi connectivity index (χ3v) is 2.49. The quantitative estimate of drug-likeness (QED) is 0.524. The van der Waals surface area contributed by atoms with Crippen molar-refractivity contribution < 1.29 is 0 Å². The minimum Gasteiger partial charge on any atom is -0.266 e. The summed E-state index contributed by atoms with van der Waals surface area (Å²) in [5.74, 6) is 0. The molecule has 1 rings (SSSR count). The van der Waals surface area contributed by atoms with E-state index in [2.05, 4.69) is 43.6 Å². The highest BCUT2D eigenvalue weighted by atomic mass is 14.7. The molecule has 1 heteroatoms. The van der Waals surface area contributed by atoms with Crippen LogP contribution in [0.5, 0.6) is 0 Å². The summed E-state index contributed by atoms with van der Waals surface area (Å²) in [5.41, 5.74) is 5.80. The number of benzene rings is 1. The van der Waals surface area contributed by atoms with Gasteiger partial charge in [0.1, 0.15) is 0 Å². The smallest absolute Gasteiger partial charge is 0.0272 e. The largest absolute Gasteiger partial charge is 0.266 e. The third-order valence-electron chi connectivity index (χ3n) is 2.49. The van der Waals surface area contributed by atoms with Crippen molar-refractivity contribution in [2.75, 3.05) is 0 Å². The van der Waals surface area contributed by atoms with E-state index < -0.39 is 0 Å². The van der Waals surface area contributed by atoms with Crippen molar-refractivity contribution in [3.05, 3.63) is 53.7 Å². The van der Waals surface area contributed by atoms with E-state index in [1.54, 1.807) is 6.20 Å². The number of aliphatic imine (C=N–C) groups is 1. The number of allylic oxidation sites excluding steroid dienone is 2. The Labute approximate surface area is 98.2 Å². The fourth-order valence-corrected chi connectivity index (χ4v) is 1.31. The van der Waals surface area contributed by atoms with Crippen molar-refractivity contribution in [2.45, 2.75) is 27.7 Å². The molecule has 1 aromatic rings. The second kappa shape index (κ2) is 5.45. The van der Waals surface area contributed by atoms with Crippen LogP contribution in [0.15, 0.2) is 42.0 Å². The number of rotatable bonds is 3. The molecule has 0 saturated heterocycles. The molecule has 1 aromatic carbocycles. The number of hydrogen-bond donors (Lipinski definition) is 0. The minimum atomic E-state index is 0.994. The van der Waals surface area contributed by atoms with E-state index >= 15 is 0 Å². The van der Waals surface area contributed by atoms with Crippen molar-refractivity contribution in [3.63, 3.8) is 0 Å². The van der Waals surface area contributed by atoms with Crippen LogP contribution in [0.1, 0.15) is 30.5 Å². The highest BCUT2D eigenvalue weighted by Crippen LogP contribution is 2.17. The molecule has 0 spiro atoms. The first kappa shape index (κ1) is 12.4. The summed E-state index contributed by atoms with van der Waals surface area (Å²) in [7, 11) is 0. The molecule has 84 valence electrons. The van der Waals surface area contributed by atoms with Gasteiger partial charge in [0, 0.05) is 11.9 Å². The summed E-state index contributed by atoms with van der Waals surface area (Å²) < 4.78 is 0. The molecule has 0 saturated carbocycles. The molecule has 0 aliphatic rings. The summed E-state index contributed by atoms with van der Waals surface area (Å²) in [5, 5.41) is 0. The molecule has 0 bridgehead atoms. The molecule has 0 amide bonds. The summed E-state index contributed by atoms with van der Waals surface area (Å²) in [6.45, 7) is 12.2. The predicted molar refractivity (Wildman–Crippen MR) is 72.9 cm³/mol. The van der Waals surface area contributed by atoms with Crippen LogP contribution in [0.2, 0.25) is 0 Å². The molecule has 0 N–H and O–H groups in total. The second-order valence-corrected chi connectivity index (χ2v) is 4.22. The van der Waals surface area contributed by atoms with Gasteiger partial charge in [0.05, 0.1) is 0 Å². The Kier molecular flexibility index (Phi) is 4.24. The fraction of sp³-hybridized carbons (Fsp3) is 0.267. The molecular weight excluding hydrogens is 194 g/mol. The molecule has 0 fully saturated rings. The van der Waals surface area contributed by atoms with E-state index in [4.69, 9.17) is 0 Å². The normalized spacial score (nSPS) is 10.5. The van der Waals surface area contributed by atoms with Gasteiger partial charge in [0.15, 0.2) is 0 Å². The first-order chi connectivity index (χ1) is 7.50. The molecule has 0 unspecified atom stereocenters. The lowest BCUT2D eigenvalue weighted by atomic mass is 10.0. The maximum absolute atomic E-state index is 4.21. The van der Waals surface area contributed by atoms with E-state index in [-0.39, 0.29) is 0 Å². The molecule has 0 radical (unpaired) electrons. The van der Waals surface area contributed by atoms with Gasteiger partial charge < -0.3 is 0 Å². The zero-order valence-electron chi connectivity index (χ0n) is 10.5. The Bertz CT molecular complexity index is 447. The molecule has 0 atom stereocenters. The van der Waals surface area contributed by atoms with E-state index in [0.29, 0.717) is 0 Å². The van der Waals surface area contributed by atoms with Gasteiger partial charge in [-0.25, -0.2) is 0 Å². The lowest BCUT2D eigenvalue weighted by Crippen LogP contribution is -1.85. The van der Waals surface area contributed by atoms with Gasteiger partial charge in [-0.3, -0.25) is 4.99 Å². The molecule has 0 aliphatic heterocycles. The Balaban J connectivity index is 2.85. The Morgan fingerprint density at radius 2 is 1.88 bits per heavy atom. The average Bonchev–Trinajstić information content (AvgIpc) is 2.21. The molecular formula is C15H19N. The van der Waals surface area contributed by atoms with E-state index in [0.717, 1.165) is 16.8 Å². The van der Waals surface area contributed by atoms with Crippen LogP contribution >= 0.6 is 0 Å². The van der Waals surface area contributed by atoms with Gasteiger partial charge in [-0.1, -0.05) is 24.8 Å². The molecule has 1 nitrogen and oxygen atoms in total. The van der Waals surface area contributed by atoms with Crippen LogP contribution in [0, 0.1) is 13.8 Å². The fourth-order valence-electron chi connectivity index (χ4n) is 1.31. The van der Waals surface area contributed by atoms with Crippen LogP contribution in [0.3, 0.4) is 0 Å². The molecule has 16 heavy (non-hydrogen) atoms. The van der Waals surface area contributed by atoms with Crippen molar-refractivity contribution in [2.24, 2.45) is 4.99 Å². The Hall–Kier alpha value is -1.63. The van der Waals surface area contributed by atoms with Crippen molar-refractivity contribution in [1.82, 2.24) is 0 Å². The molecule has 0 aliphatic carbocycles. The number of hydrogen-bond acceptors (Lipinski definition) is 1. The molecule has 0 aromatic heterocycles. The van der Waals surface area contributed by atoms with Gasteiger partial charge in [-0.2, -0.15) is 0 Å². The monoisotopic (exact) mass is 213 g/mol. The van der Waals surface area contributed by atoms with Crippen molar-refractivity contribution >= 4 is 11.3 Å². The SMILES string of the molecule is C=C(/C=C\N=C(C)C)c1ccc(C)c(C)c1.